The van der Waals surface area contributed by atoms with Crippen molar-refractivity contribution in [3.05, 3.63) is 65.1 Å². The number of Topliss-reactive ketones (excluding diaryl/α,β-unsaturated/α-hetero) is 1. The van der Waals surface area contributed by atoms with E-state index in [-0.39, 0.29) is 23.9 Å². The van der Waals surface area contributed by atoms with Crippen LogP contribution in [0.25, 0.3) is 5.65 Å². The van der Waals surface area contributed by atoms with E-state index in [0.717, 1.165) is 52.1 Å². The third kappa shape index (κ3) is 6.05. The van der Waals surface area contributed by atoms with Gasteiger partial charge in [-0.2, -0.15) is 0 Å². The number of aryl methyl sites for hydroxylation is 1. The molecule has 1 fully saturated rings. The van der Waals surface area contributed by atoms with Gasteiger partial charge in [0, 0.05) is 32.3 Å². The van der Waals surface area contributed by atoms with E-state index in [1.807, 2.05) is 6.92 Å². The van der Waals surface area contributed by atoms with Crippen LogP contribution in [0, 0.1) is 24.5 Å². The second-order valence-electron chi connectivity index (χ2n) is 9.15. The number of unbranched alkanes of at least 4 members (excludes halogenated alkanes) is 1. The first-order valence-electron chi connectivity index (χ1n) is 12.3. The van der Waals surface area contributed by atoms with Crippen molar-refractivity contribution < 1.29 is 23.0 Å². The molecule has 0 saturated carbocycles. The molecular formula is C27H33F2N3O3. The Labute approximate surface area is 204 Å². The largest absolute Gasteiger partial charge is 0.485 e. The van der Waals surface area contributed by atoms with E-state index in [9.17, 15) is 13.6 Å². The lowest BCUT2D eigenvalue weighted by Crippen LogP contribution is -2.39. The first-order valence-corrected chi connectivity index (χ1v) is 12.3. The number of rotatable bonds is 11. The molecule has 0 radical (unpaired) electrons. The maximum atomic E-state index is 14.0. The Balaban J connectivity index is 1.53. The lowest BCUT2D eigenvalue weighted by molar-refractivity contribution is 0.0292. The fourth-order valence-electron chi connectivity index (χ4n) is 4.68. The van der Waals surface area contributed by atoms with E-state index in [0.29, 0.717) is 29.2 Å². The maximum Gasteiger partial charge on any atom is 0.181 e. The average molecular weight is 486 g/mol. The van der Waals surface area contributed by atoms with Crippen LogP contribution < -0.4 is 4.74 Å². The van der Waals surface area contributed by atoms with Crippen molar-refractivity contribution in [2.45, 2.75) is 46.1 Å². The normalized spacial score (nSPS) is 15.4. The summed E-state index contributed by atoms with van der Waals surface area (Å²) in [6, 6.07) is 7.16. The average Bonchev–Trinajstić information content (AvgIpc) is 3.19. The van der Waals surface area contributed by atoms with Crippen LogP contribution in [0.4, 0.5) is 8.78 Å². The summed E-state index contributed by atoms with van der Waals surface area (Å²) in [7, 11) is 0. The molecule has 6 nitrogen and oxygen atoms in total. The third-order valence-corrected chi connectivity index (χ3v) is 6.55. The number of ketones is 1. The van der Waals surface area contributed by atoms with Crippen LogP contribution in [0.3, 0.4) is 0 Å². The maximum absolute atomic E-state index is 14.0. The van der Waals surface area contributed by atoms with Gasteiger partial charge in [-0.25, -0.2) is 13.8 Å². The molecule has 188 valence electrons. The Morgan fingerprint density at radius 2 is 1.91 bits per heavy atom. The number of nitrogens with zero attached hydrogens (tertiary/aromatic N) is 3. The van der Waals surface area contributed by atoms with Crippen LogP contribution in [0.2, 0.25) is 0 Å². The minimum absolute atomic E-state index is 0.0432. The van der Waals surface area contributed by atoms with Gasteiger partial charge in [0.15, 0.2) is 17.2 Å². The zero-order valence-corrected chi connectivity index (χ0v) is 20.4. The highest BCUT2D eigenvalue weighted by Gasteiger charge is 2.24. The number of carbonyl (C=O) groups excluding carboxylic acids is 1. The van der Waals surface area contributed by atoms with E-state index in [1.54, 1.807) is 22.7 Å². The summed E-state index contributed by atoms with van der Waals surface area (Å²) in [6.45, 7) is 7.85. The van der Waals surface area contributed by atoms with Crippen LogP contribution in [0.1, 0.15) is 54.4 Å². The molecule has 1 saturated heterocycles. The molecule has 1 aliphatic heterocycles. The van der Waals surface area contributed by atoms with Gasteiger partial charge in [-0.3, -0.25) is 14.1 Å². The molecule has 3 aromatic rings. The first-order chi connectivity index (χ1) is 17.0. The predicted octanol–water partition coefficient (Wildman–Crippen LogP) is 5.21. The number of imidazole rings is 1. The predicted molar refractivity (Wildman–Crippen MR) is 130 cm³/mol. The summed E-state index contributed by atoms with van der Waals surface area (Å²) in [5, 5.41) is 0. The minimum Gasteiger partial charge on any atom is -0.485 e. The van der Waals surface area contributed by atoms with E-state index >= 15 is 0 Å². The number of halogens is 2. The van der Waals surface area contributed by atoms with Crippen molar-refractivity contribution in [3.63, 3.8) is 0 Å². The van der Waals surface area contributed by atoms with Gasteiger partial charge >= 0.3 is 0 Å². The molecular weight excluding hydrogens is 452 g/mol. The van der Waals surface area contributed by atoms with Crippen molar-refractivity contribution in [1.29, 1.82) is 0 Å². The first kappa shape index (κ1) is 25.3. The molecule has 1 atom stereocenters. The van der Waals surface area contributed by atoms with Crippen LogP contribution in [-0.4, -0.2) is 52.9 Å². The van der Waals surface area contributed by atoms with E-state index < -0.39 is 11.6 Å². The van der Waals surface area contributed by atoms with Gasteiger partial charge in [0.2, 0.25) is 0 Å². The monoisotopic (exact) mass is 485 g/mol. The molecule has 35 heavy (non-hydrogen) atoms. The number of pyridine rings is 1. The summed E-state index contributed by atoms with van der Waals surface area (Å²) in [4.78, 5) is 20.5. The lowest BCUT2D eigenvalue weighted by atomic mass is 9.94. The van der Waals surface area contributed by atoms with Gasteiger partial charge in [-0.05, 0) is 43.5 Å². The van der Waals surface area contributed by atoms with Crippen molar-refractivity contribution in [3.8, 4) is 5.75 Å². The Hall–Kier alpha value is -2.84. The lowest BCUT2D eigenvalue weighted by Gasteiger charge is -2.30. The molecule has 0 spiro atoms. The van der Waals surface area contributed by atoms with Crippen LogP contribution >= 0.6 is 0 Å². The van der Waals surface area contributed by atoms with Gasteiger partial charge in [-0.1, -0.05) is 25.8 Å². The summed E-state index contributed by atoms with van der Waals surface area (Å²) in [6.07, 6.45) is 5.39. The fraction of sp³-hybridized carbons (Fsp3) is 0.481. The van der Waals surface area contributed by atoms with Crippen molar-refractivity contribution >= 4 is 11.4 Å². The standard InChI is InChI=1S/C27H33F2N3O3/c1-3-4-7-20(17-31-12-14-34-15-13-31)16-24(33)26-19(2)30-27-25(10-6-11-32(26)27)35-18-21-22(28)8-5-9-23(21)29/h5-6,8-11,20H,3-4,7,12-18H2,1-2H3/t20-/m0/s1. The molecule has 3 heterocycles. The molecule has 1 aliphatic rings. The topological polar surface area (TPSA) is 56.1 Å². The highest BCUT2D eigenvalue weighted by Crippen LogP contribution is 2.26. The SMILES string of the molecule is CCCC[C@@H](CC(=O)c1c(C)nc2c(OCc3c(F)cccc3F)cccn12)CN1CCOCC1. The van der Waals surface area contributed by atoms with Crippen LogP contribution in [-0.2, 0) is 11.3 Å². The van der Waals surface area contributed by atoms with Crippen molar-refractivity contribution in [2.75, 3.05) is 32.8 Å². The third-order valence-electron chi connectivity index (χ3n) is 6.55. The highest BCUT2D eigenvalue weighted by atomic mass is 19.1. The summed E-state index contributed by atoms with van der Waals surface area (Å²) in [5.74, 6) is -0.653. The zero-order chi connectivity index (χ0) is 24.8. The van der Waals surface area contributed by atoms with Gasteiger partial charge in [0.1, 0.15) is 23.9 Å². The van der Waals surface area contributed by atoms with E-state index in [2.05, 4.69) is 16.8 Å². The molecule has 0 N–H and O–H groups in total. The molecule has 0 aliphatic carbocycles. The Morgan fingerprint density at radius 1 is 1.17 bits per heavy atom. The molecule has 8 heteroatoms. The van der Waals surface area contributed by atoms with Gasteiger partial charge in [0.25, 0.3) is 0 Å². The number of morpholine rings is 1. The molecule has 4 rings (SSSR count). The summed E-state index contributed by atoms with van der Waals surface area (Å²) >= 11 is 0. The molecule has 0 unspecified atom stereocenters. The van der Waals surface area contributed by atoms with Crippen LogP contribution in [0.15, 0.2) is 36.5 Å². The number of benzene rings is 1. The van der Waals surface area contributed by atoms with Gasteiger partial charge < -0.3 is 9.47 Å². The molecule has 0 bridgehead atoms. The van der Waals surface area contributed by atoms with E-state index in [4.69, 9.17) is 9.47 Å². The zero-order valence-electron chi connectivity index (χ0n) is 20.4. The van der Waals surface area contributed by atoms with Crippen molar-refractivity contribution in [2.24, 2.45) is 5.92 Å². The number of fused-ring (bicyclic) bond motifs is 1. The number of aromatic nitrogens is 2. The second-order valence-corrected chi connectivity index (χ2v) is 9.15. The summed E-state index contributed by atoms with van der Waals surface area (Å²) in [5.41, 5.74) is 1.47. The molecule has 2 aromatic heterocycles. The van der Waals surface area contributed by atoms with Gasteiger partial charge in [0.05, 0.1) is 24.5 Å². The highest BCUT2D eigenvalue weighted by molar-refractivity contribution is 5.96. The number of hydrogen-bond donors (Lipinski definition) is 0. The number of carbonyl (C=O) groups is 1. The van der Waals surface area contributed by atoms with E-state index in [1.165, 1.54) is 18.2 Å². The quantitative estimate of drug-likeness (QED) is 0.349. The Bertz CT molecular complexity index is 1140. The number of hydrogen-bond acceptors (Lipinski definition) is 5. The molecule has 0 amide bonds. The number of ether oxygens (including phenoxy) is 2. The Morgan fingerprint density at radius 3 is 2.63 bits per heavy atom. The summed E-state index contributed by atoms with van der Waals surface area (Å²) < 4.78 is 41.0. The van der Waals surface area contributed by atoms with Gasteiger partial charge in [-0.15, -0.1) is 0 Å². The smallest absolute Gasteiger partial charge is 0.181 e. The van der Waals surface area contributed by atoms with Crippen molar-refractivity contribution in [1.82, 2.24) is 14.3 Å². The van der Waals surface area contributed by atoms with Crippen LogP contribution in [0.5, 0.6) is 5.75 Å². The fourth-order valence-corrected chi connectivity index (χ4v) is 4.68. The second kappa shape index (κ2) is 11.7. The Kier molecular flexibility index (Phi) is 8.46. The molecule has 1 aromatic carbocycles. The minimum atomic E-state index is -0.661.